The van der Waals surface area contributed by atoms with Gasteiger partial charge in [0.15, 0.2) is 5.82 Å². The van der Waals surface area contributed by atoms with Crippen molar-refractivity contribution in [1.82, 2.24) is 19.3 Å². The van der Waals surface area contributed by atoms with Crippen molar-refractivity contribution in [1.29, 1.82) is 0 Å². The fourth-order valence-corrected chi connectivity index (χ4v) is 1.35. The summed E-state index contributed by atoms with van der Waals surface area (Å²) in [6.07, 6.45) is 3.28. The van der Waals surface area contributed by atoms with Crippen LogP contribution in [0, 0.1) is 0 Å². The highest BCUT2D eigenvalue weighted by Gasteiger charge is 2.10. The summed E-state index contributed by atoms with van der Waals surface area (Å²) in [7, 11) is 1.77. The molecule has 2 rings (SSSR count). The van der Waals surface area contributed by atoms with Crippen LogP contribution in [0.15, 0.2) is 24.7 Å². The lowest BCUT2D eigenvalue weighted by Gasteiger charge is -2.01. The van der Waals surface area contributed by atoms with Gasteiger partial charge >= 0.3 is 5.97 Å². The smallest absolute Gasteiger partial charge is 0.352 e. The molecule has 0 aliphatic heterocycles. The summed E-state index contributed by atoms with van der Waals surface area (Å²) >= 11 is 0. The average Bonchev–Trinajstić information content (AvgIpc) is 2.75. The average molecular weight is 206 g/mol. The van der Waals surface area contributed by atoms with Gasteiger partial charge in [0, 0.05) is 13.2 Å². The van der Waals surface area contributed by atoms with Crippen LogP contribution in [-0.2, 0) is 13.6 Å². The first-order valence-electron chi connectivity index (χ1n) is 4.40. The second-order valence-electron chi connectivity index (χ2n) is 3.16. The first kappa shape index (κ1) is 9.45. The minimum Gasteiger partial charge on any atom is -0.477 e. The summed E-state index contributed by atoms with van der Waals surface area (Å²) < 4.78 is 3.18. The zero-order chi connectivity index (χ0) is 10.8. The van der Waals surface area contributed by atoms with Crippen molar-refractivity contribution in [3.05, 3.63) is 36.2 Å². The Bertz CT molecular complexity index is 486. The lowest BCUT2D eigenvalue weighted by atomic mass is 10.4. The first-order valence-corrected chi connectivity index (χ1v) is 4.40. The van der Waals surface area contributed by atoms with Gasteiger partial charge in [-0.15, -0.1) is 0 Å². The zero-order valence-electron chi connectivity index (χ0n) is 8.16. The monoisotopic (exact) mass is 206 g/mol. The quantitative estimate of drug-likeness (QED) is 0.787. The van der Waals surface area contributed by atoms with Crippen LogP contribution >= 0.6 is 0 Å². The van der Waals surface area contributed by atoms with Crippen molar-refractivity contribution in [3.63, 3.8) is 0 Å². The topological polar surface area (TPSA) is 72.9 Å². The molecule has 0 amide bonds. The predicted octanol–water partition coefficient (Wildman–Crippen LogP) is 0.363. The molecule has 0 saturated heterocycles. The van der Waals surface area contributed by atoms with Crippen molar-refractivity contribution in [3.8, 4) is 0 Å². The largest absolute Gasteiger partial charge is 0.477 e. The Hall–Kier alpha value is -2.11. The molecule has 0 atom stereocenters. The predicted molar refractivity (Wildman–Crippen MR) is 51.5 cm³/mol. The van der Waals surface area contributed by atoms with Crippen molar-refractivity contribution in [2.24, 2.45) is 7.05 Å². The maximum atomic E-state index is 10.8. The van der Waals surface area contributed by atoms with Crippen LogP contribution in [0.25, 0.3) is 0 Å². The van der Waals surface area contributed by atoms with Gasteiger partial charge in [-0.2, -0.15) is 5.10 Å². The normalized spacial score (nSPS) is 10.5. The Morgan fingerprint density at radius 1 is 1.60 bits per heavy atom. The molecular weight excluding hydrogens is 196 g/mol. The van der Waals surface area contributed by atoms with Crippen molar-refractivity contribution < 1.29 is 9.90 Å². The van der Waals surface area contributed by atoms with Gasteiger partial charge in [-0.1, -0.05) is 0 Å². The molecule has 0 fully saturated rings. The van der Waals surface area contributed by atoms with E-state index >= 15 is 0 Å². The molecule has 0 aromatic carbocycles. The van der Waals surface area contributed by atoms with E-state index in [1.165, 1.54) is 0 Å². The number of aryl methyl sites for hydroxylation is 1. The third-order valence-corrected chi connectivity index (χ3v) is 2.01. The number of carboxylic acid groups (broad SMARTS) is 1. The van der Waals surface area contributed by atoms with Gasteiger partial charge in [-0.3, -0.25) is 4.68 Å². The fourth-order valence-electron chi connectivity index (χ4n) is 1.35. The van der Waals surface area contributed by atoms with E-state index in [2.05, 4.69) is 10.1 Å². The Kier molecular flexibility index (Phi) is 2.24. The molecule has 0 unspecified atom stereocenters. The number of rotatable bonds is 3. The lowest BCUT2D eigenvalue weighted by Crippen LogP contribution is -2.09. The Balaban J connectivity index is 2.24. The summed E-state index contributed by atoms with van der Waals surface area (Å²) in [4.78, 5) is 14.8. The maximum absolute atomic E-state index is 10.8. The third kappa shape index (κ3) is 1.88. The number of hydrogen-bond donors (Lipinski definition) is 1. The number of carbonyl (C=O) groups is 1. The molecule has 0 bridgehead atoms. The Morgan fingerprint density at radius 3 is 3.00 bits per heavy atom. The second-order valence-corrected chi connectivity index (χ2v) is 3.16. The van der Waals surface area contributed by atoms with E-state index < -0.39 is 5.97 Å². The van der Waals surface area contributed by atoms with Gasteiger partial charge in [-0.05, 0) is 12.1 Å². The van der Waals surface area contributed by atoms with Crippen LogP contribution in [-0.4, -0.2) is 30.4 Å². The van der Waals surface area contributed by atoms with Crippen molar-refractivity contribution >= 4 is 5.97 Å². The molecule has 0 spiro atoms. The summed E-state index contributed by atoms with van der Waals surface area (Å²) in [6.45, 7) is 0.371. The number of hydrogen-bond acceptors (Lipinski definition) is 3. The van der Waals surface area contributed by atoms with E-state index in [-0.39, 0.29) is 5.69 Å². The second kappa shape index (κ2) is 3.56. The van der Waals surface area contributed by atoms with E-state index in [9.17, 15) is 4.79 Å². The van der Waals surface area contributed by atoms with Gasteiger partial charge in [0.2, 0.25) is 0 Å². The zero-order valence-corrected chi connectivity index (χ0v) is 8.16. The summed E-state index contributed by atoms with van der Waals surface area (Å²) in [6, 6.07) is 3.23. The number of aromatic nitrogens is 4. The molecule has 0 saturated carbocycles. The van der Waals surface area contributed by atoms with Crippen LogP contribution in [0.4, 0.5) is 0 Å². The highest BCUT2D eigenvalue weighted by atomic mass is 16.4. The molecule has 0 aliphatic rings. The molecule has 2 aromatic heterocycles. The highest BCUT2D eigenvalue weighted by molar-refractivity contribution is 5.85. The van der Waals surface area contributed by atoms with Gasteiger partial charge in [0.25, 0.3) is 0 Å². The summed E-state index contributed by atoms with van der Waals surface area (Å²) in [5, 5.41) is 12.9. The molecule has 0 radical (unpaired) electrons. The van der Waals surface area contributed by atoms with E-state index in [4.69, 9.17) is 5.11 Å². The lowest BCUT2D eigenvalue weighted by molar-refractivity contribution is 0.0685. The SMILES string of the molecule is Cn1cnc(Cn2cccc2C(=O)O)n1. The number of carboxylic acids is 1. The molecular formula is C9H10N4O2. The van der Waals surface area contributed by atoms with E-state index in [1.807, 2.05) is 0 Å². The van der Waals surface area contributed by atoms with Gasteiger partial charge < -0.3 is 9.67 Å². The molecule has 15 heavy (non-hydrogen) atoms. The molecule has 2 aromatic rings. The Labute approximate surface area is 85.8 Å². The van der Waals surface area contributed by atoms with Crippen LogP contribution in [0.2, 0.25) is 0 Å². The first-order chi connectivity index (χ1) is 7.16. The molecule has 6 heteroatoms. The molecule has 6 nitrogen and oxygen atoms in total. The maximum Gasteiger partial charge on any atom is 0.352 e. The van der Waals surface area contributed by atoms with E-state index in [0.29, 0.717) is 12.4 Å². The molecule has 2 heterocycles. The molecule has 1 N–H and O–H groups in total. The molecule has 78 valence electrons. The van der Waals surface area contributed by atoms with Gasteiger partial charge in [0.05, 0.1) is 6.54 Å². The third-order valence-electron chi connectivity index (χ3n) is 2.01. The minimum absolute atomic E-state index is 0.238. The molecule has 0 aliphatic carbocycles. The summed E-state index contributed by atoms with van der Waals surface area (Å²) in [5.41, 5.74) is 0.238. The van der Waals surface area contributed by atoms with Crippen LogP contribution in [0.5, 0.6) is 0 Å². The number of aromatic carboxylic acids is 1. The number of nitrogens with zero attached hydrogens (tertiary/aromatic N) is 4. The standard InChI is InChI=1S/C9H10N4O2/c1-12-6-10-8(11-12)5-13-4-2-3-7(13)9(14)15/h2-4,6H,5H2,1H3,(H,14,15). The Morgan fingerprint density at radius 2 is 2.40 bits per heavy atom. The van der Waals surface area contributed by atoms with Crippen LogP contribution in [0.1, 0.15) is 16.3 Å². The fraction of sp³-hybridized carbons (Fsp3) is 0.222. The van der Waals surface area contributed by atoms with Crippen molar-refractivity contribution in [2.45, 2.75) is 6.54 Å². The van der Waals surface area contributed by atoms with Gasteiger partial charge in [0.1, 0.15) is 12.0 Å². The minimum atomic E-state index is -0.948. The van der Waals surface area contributed by atoms with Crippen LogP contribution < -0.4 is 0 Å². The summed E-state index contributed by atoms with van der Waals surface area (Å²) in [5.74, 6) is -0.355. The van der Waals surface area contributed by atoms with Gasteiger partial charge in [-0.25, -0.2) is 9.78 Å². The van der Waals surface area contributed by atoms with Crippen molar-refractivity contribution in [2.75, 3.05) is 0 Å². The van der Waals surface area contributed by atoms with Crippen LogP contribution in [0.3, 0.4) is 0 Å². The van der Waals surface area contributed by atoms with E-state index in [0.717, 1.165) is 0 Å². The van der Waals surface area contributed by atoms with E-state index in [1.54, 1.807) is 41.0 Å². The highest BCUT2D eigenvalue weighted by Crippen LogP contribution is 2.04.